The van der Waals surface area contributed by atoms with Gasteiger partial charge in [0.25, 0.3) is 0 Å². The van der Waals surface area contributed by atoms with Crippen LogP contribution < -0.4 is 0 Å². The molecule has 4 saturated carbocycles. The molecule has 2 saturated heterocycles. The molecule has 54 heavy (non-hydrogen) atoms. The average molecular weight is 759 g/mol. The second kappa shape index (κ2) is 16.8. The molecule has 0 amide bonds. The molecule has 4 aliphatic carbocycles. The summed E-state index contributed by atoms with van der Waals surface area (Å²) >= 11 is 0. The van der Waals surface area contributed by atoms with E-state index in [0.29, 0.717) is 59.0 Å². The van der Waals surface area contributed by atoms with Crippen LogP contribution >= 0.6 is 0 Å². The number of hydrogen-bond acceptors (Lipinski definition) is 4. The number of likely N-dealkylation sites (tertiary alicyclic amines) is 2. The van der Waals surface area contributed by atoms with Crippen LogP contribution in [-0.2, 0) is 12.4 Å². The van der Waals surface area contributed by atoms with Gasteiger partial charge < -0.3 is 9.80 Å². The fourth-order valence-electron chi connectivity index (χ4n) is 10.1. The first kappa shape index (κ1) is 39.5. The van der Waals surface area contributed by atoms with Crippen LogP contribution in [0.1, 0.15) is 170 Å². The molecule has 2 aliphatic heterocycles. The molecular weight excluding hydrogens is 702 g/mol. The number of carbonyl (C=O) groups excluding carboxylic acids is 2. The highest BCUT2D eigenvalue weighted by Crippen LogP contribution is 2.46. The van der Waals surface area contributed by atoms with Gasteiger partial charge in [0.1, 0.15) is 0 Å². The third-order valence-electron chi connectivity index (χ3n) is 13.2. The van der Waals surface area contributed by atoms with E-state index < -0.39 is 23.5 Å². The third kappa shape index (κ3) is 9.62. The summed E-state index contributed by atoms with van der Waals surface area (Å²) in [5.74, 6) is 1.04. The zero-order valence-electron chi connectivity index (χ0n) is 31.5. The Labute approximate surface area is 316 Å². The fourth-order valence-corrected chi connectivity index (χ4v) is 10.1. The Bertz CT molecular complexity index is 1500. The van der Waals surface area contributed by atoms with E-state index >= 15 is 0 Å². The van der Waals surface area contributed by atoms with Crippen molar-refractivity contribution in [3.05, 3.63) is 69.8 Å². The lowest BCUT2D eigenvalue weighted by molar-refractivity contribution is -0.138. The first-order chi connectivity index (χ1) is 25.9. The van der Waals surface area contributed by atoms with Crippen molar-refractivity contribution in [2.45, 2.75) is 152 Å². The third-order valence-corrected chi connectivity index (χ3v) is 13.2. The number of carbonyl (C=O) groups is 2. The lowest BCUT2D eigenvalue weighted by Gasteiger charge is -2.38. The number of alkyl halides is 6. The molecule has 2 aromatic carbocycles. The highest BCUT2D eigenvalue weighted by molar-refractivity contribution is 5.98. The summed E-state index contributed by atoms with van der Waals surface area (Å²) in [4.78, 5) is 31.3. The highest BCUT2D eigenvalue weighted by atomic mass is 19.4. The Morgan fingerprint density at radius 2 is 0.852 bits per heavy atom. The molecule has 4 nitrogen and oxygen atoms in total. The van der Waals surface area contributed by atoms with Crippen LogP contribution in [0.25, 0.3) is 0 Å². The molecule has 0 unspecified atom stereocenters. The van der Waals surface area contributed by atoms with E-state index in [2.05, 4.69) is 9.80 Å². The van der Waals surface area contributed by atoms with Crippen LogP contribution in [0.4, 0.5) is 26.3 Å². The Kier molecular flexibility index (Phi) is 12.3. The maximum absolute atomic E-state index is 13.1. The van der Waals surface area contributed by atoms with Gasteiger partial charge >= 0.3 is 12.4 Å². The van der Waals surface area contributed by atoms with E-state index in [1.165, 1.54) is 62.8 Å². The van der Waals surface area contributed by atoms with E-state index in [-0.39, 0.29) is 23.4 Å². The van der Waals surface area contributed by atoms with E-state index in [9.17, 15) is 35.9 Å². The Morgan fingerprint density at radius 3 is 1.19 bits per heavy atom. The number of rotatable bonds is 10. The molecule has 0 N–H and O–H groups in total. The molecule has 0 aromatic heterocycles. The summed E-state index contributed by atoms with van der Waals surface area (Å²) in [7, 11) is 0. The lowest BCUT2D eigenvalue weighted by Crippen LogP contribution is -2.41. The molecule has 10 heteroatoms. The van der Waals surface area contributed by atoms with Crippen molar-refractivity contribution in [2.24, 2.45) is 11.8 Å². The molecule has 0 spiro atoms. The van der Waals surface area contributed by atoms with Gasteiger partial charge in [0, 0.05) is 36.1 Å². The molecule has 296 valence electrons. The summed E-state index contributed by atoms with van der Waals surface area (Å²) < 4.78 is 78.5. The maximum Gasteiger partial charge on any atom is 0.416 e. The summed E-state index contributed by atoms with van der Waals surface area (Å²) in [6.07, 6.45) is 9.95. The average Bonchev–Trinajstić information content (AvgIpc) is 4.07. The first-order valence-corrected chi connectivity index (χ1v) is 20.8. The van der Waals surface area contributed by atoms with Crippen LogP contribution in [0.2, 0.25) is 0 Å². The number of benzene rings is 2. The number of hydrogen-bond donors (Lipinski definition) is 0. The van der Waals surface area contributed by atoms with Crippen molar-refractivity contribution in [1.29, 1.82) is 0 Å². The minimum atomic E-state index is -4.35. The molecule has 2 heterocycles. The van der Waals surface area contributed by atoms with E-state index in [0.717, 1.165) is 103 Å². The summed E-state index contributed by atoms with van der Waals surface area (Å²) in [6.45, 7) is 4.51. The fraction of sp³-hybridized carbons (Fsp3) is 0.682. The first-order valence-electron chi connectivity index (χ1n) is 20.8. The molecule has 8 rings (SSSR count). The zero-order valence-corrected chi connectivity index (χ0v) is 31.5. The van der Waals surface area contributed by atoms with Gasteiger partial charge in [-0.15, -0.1) is 0 Å². The Morgan fingerprint density at radius 1 is 0.500 bits per heavy atom. The molecule has 6 fully saturated rings. The van der Waals surface area contributed by atoms with Crippen molar-refractivity contribution >= 4 is 11.6 Å². The van der Waals surface area contributed by atoms with Gasteiger partial charge in [-0.2, -0.15) is 26.3 Å². The topological polar surface area (TPSA) is 40.6 Å². The molecule has 0 radical (unpaired) electrons. The van der Waals surface area contributed by atoms with E-state index in [1.807, 2.05) is 0 Å². The minimum Gasteiger partial charge on any atom is -0.300 e. The van der Waals surface area contributed by atoms with Gasteiger partial charge in [0.05, 0.1) is 11.1 Å². The largest absolute Gasteiger partial charge is 0.416 e. The second-order valence-corrected chi connectivity index (χ2v) is 17.1. The monoisotopic (exact) mass is 758 g/mol. The van der Waals surface area contributed by atoms with Crippen molar-refractivity contribution in [2.75, 3.05) is 26.2 Å². The number of Topliss-reactive ketones (excluding diaryl/α,β-unsaturated/α-hetero) is 2. The smallest absolute Gasteiger partial charge is 0.300 e. The normalized spacial score (nSPS) is 27.1. The molecule has 0 bridgehead atoms. The number of nitrogens with zero attached hydrogens (tertiary/aromatic N) is 2. The van der Waals surface area contributed by atoms with Gasteiger partial charge in [-0.1, -0.05) is 37.8 Å². The van der Waals surface area contributed by atoms with Gasteiger partial charge in [-0.25, -0.2) is 0 Å². The quantitative estimate of drug-likeness (QED) is 0.179. The predicted octanol–water partition coefficient (Wildman–Crippen LogP) is 11.6. The lowest BCUT2D eigenvalue weighted by atomic mass is 9.79. The standard InChI is InChI=1S/2C22H28F3NO/c2*23-22(24,25)17-9-10-18(19(14-17)15-7-8-15)21(27)13-16-5-1-2-6-20(16)26-11-3-4-12-26/h2*9-10,14-16,20H,1-8,11-13H2/t2*16-,20-/m10/s1. The molecule has 6 aliphatic rings. The van der Waals surface area contributed by atoms with Crippen LogP contribution in [0.15, 0.2) is 36.4 Å². The van der Waals surface area contributed by atoms with Gasteiger partial charge in [-0.05, 0) is 162 Å². The summed E-state index contributed by atoms with van der Waals surface area (Å²) in [5, 5.41) is 0. The maximum atomic E-state index is 13.1. The van der Waals surface area contributed by atoms with Crippen molar-refractivity contribution in [1.82, 2.24) is 9.80 Å². The van der Waals surface area contributed by atoms with Crippen molar-refractivity contribution in [3.8, 4) is 0 Å². The van der Waals surface area contributed by atoms with Crippen molar-refractivity contribution in [3.63, 3.8) is 0 Å². The van der Waals surface area contributed by atoms with Gasteiger partial charge in [0.2, 0.25) is 0 Å². The second-order valence-electron chi connectivity index (χ2n) is 17.1. The minimum absolute atomic E-state index is 0.0433. The zero-order chi connectivity index (χ0) is 38.0. The van der Waals surface area contributed by atoms with E-state index in [4.69, 9.17) is 0 Å². The molecule has 2 aromatic rings. The Hall–Kier alpha value is -2.72. The van der Waals surface area contributed by atoms with Crippen LogP contribution in [0, 0.1) is 11.8 Å². The van der Waals surface area contributed by atoms with Crippen LogP contribution in [0.3, 0.4) is 0 Å². The number of halogens is 6. The van der Waals surface area contributed by atoms with Gasteiger partial charge in [0.15, 0.2) is 11.6 Å². The predicted molar refractivity (Wildman–Crippen MR) is 198 cm³/mol. The van der Waals surface area contributed by atoms with E-state index in [1.54, 1.807) is 0 Å². The number of ketones is 2. The highest BCUT2D eigenvalue weighted by Gasteiger charge is 2.39. The Balaban J connectivity index is 0.000000167. The SMILES string of the molecule is O=C(C[C@@H]1CCCC[C@@H]1N1CCCC1)c1ccc(C(F)(F)F)cc1C1CC1.O=C(C[C@H]1CCCC[C@H]1N1CCCC1)c1ccc(C(F)(F)F)cc1C1CC1. The van der Waals surface area contributed by atoms with Gasteiger partial charge in [-0.3, -0.25) is 9.59 Å². The summed E-state index contributed by atoms with van der Waals surface area (Å²) in [5.41, 5.74) is 1.07. The summed E-state index contributed by atoms with van der Waals surface area (Å²) in [6, 6.07) is 8.44. The molecular formula is C44H56F6N2O2. The van der Waals surface area contributed by atoms with Crippen molar-refractivity contribution < 1.29 is 35.9 Å². The van der Waals surface area contributed by atoms with Crippen LogP contribution in [0.5, 0.6) is 0 Å². The van der Waals surface area contributed by atoms with Crippen LogP contribution in [-0.4, -0.2) is 59.6 Å². The molecule has 4 atom stereocenters.